The highest BCUT2D eigenvalue weighted by molar-refractivity contribution is 7.99. The number of thioether (sulfide) groups is 1. The number of hydrogen-bond acceptors (Lipinski definition) is 5. The second-order valence-electron chi connectivity index (χ2n) is 4.60. The average molecular weight is 291 g/mol. The summed E-state index contributed by atoms with van der Waals surface area (Å²) in [5.74, 6) is 1.17. The van der Waals surface area contributed by atoms with Gasteiger partial charge in [0.25, 0.3) is 6.20 Å². The van der Waals surface area contributed by atoms with Gasteiger partial charge in [-0.25, -0.2) is 4.99 Å². The normalized spacial score (nSPS) is 12.1. The Morgan fingerprint density at radius 1 is 1.40 bits per heavy atom. The first-order valence-corrected chi connectivity index (χ1v) is 7.55. The fraction of sp³-hybridized carbons (Fsp3) is 0.357. The summed E-state index contributed by atoms with van der Waals surface area (Å²) in [4.78, 5) is 3.88. The van der Waals surface area contributed by atoms with Crippen LogP contribution in [-0.2, 0) is 5.75 Å². The van der Waals surface area contributed by atoms with E-state index in [0.29, 0.717) is 5.75 Å². The number of aromatic nitrogens is 2. The van der Waals surface area contributed by atoms with Crippen LogP contribution in [-0.4, -0.2) is 16.9 Å². The minimum atomic E-state index is -0.210. The molecule has 1 heterocycles. The molecule has 0 saturated heterocycles. The highest BCUT2D eigenvalue weighted by Crippen LogP contribution is 2.13. The molecule has 0 amide bonds. The van der Waals surface area contributed by atoms with Crippen molar-refractivity contribution >= 4 is 23.5 Å². The number of nitrogens with zero attached hydrogens (tertiary/aromatic N) is 3. The van der Waals surface area contributed by atoms with Crippen molar-refractivity contribution in [2.24, 2.45) is 4.99 Å². The molecule has 6 heteroatoms. The number of rotatable bonds is 6. The van der Waals surface area contributed by atoms with Crippen molar-refractivity contribution in [2.75, 3.05) is 5.75 Å². The van der Waals surface area contributed by atoms with Crippen molar-refractivity contribution < 1.29 is 14.3 Å². The second kappa shape index (κ2) is 7.09. The van der Waals surface area contributed by atoms with Crippen LogP contribution in [0.1, 0.15) is 25.5 Å². The van der Waals surface area contributed by atoms with Crippen LogP contribution in [0.4, 0.5) is 5.88 Å². The van der Waals surface area contributed by atoms with E-state index in [9.17, 15) is 5.11 Å². The summed E-state index contributed by atoms with van der Waals surface area (Å²) in [7, 11) is 0. The van der Waals surface area contributed by atoms with E-state index in [1.165, 1.54) is 17.3 Å². The van der Waals surface area contributed by atoms with Crippen molar-refractivity contribution in [1.82, 2.24) is 5.27 Å². The highest BCUT2D eigenvalue weighted by atomic mass is 32.2. The molecule has 0 fully saturated rings. The average Bonchev–Trinajstić information content (AvgIpc) is 2.88. The SMILES string of the molecule is CC(C)[n+]1cc(/N=C(\[O-])CSCc2ccccc2)on1. The maximum atomic E-state index is 11.7. The van der Waals surface area contributed by atoms with Gasteiger partial charge in [0.2, 0.25) is 5.27 Å². The molecule has 1 aromatic carbocycles. The van der Waals surface area contributed by atoms with Gasteiger partial charge in [-0.05, 0) is 30.0 Å². The third-order valence-corrected chi connectivity index (χ3v) is 3.56. The topological polar surface area (TPSA) is 65.3 Å². The minimum absolute atomic E-state index is 0.185. The van der Waals surface area contributed by atoms with Crippen molar-refractivity contribution in [3.05, 3.63) is 42.1 Å². The molecule has 0 aliphatic rings. The summed E-state index contributed by atoms with van der Waals surface area (Å²) in [5.41, 5.74) is 1.20. The molecule has 5 nitrogen and oxygen atoms in total. The Labute approximate surface area is 122 Å². The Bertz CT molecular complexity index is 567. The van der Waals surface area contributed by atoms with Gasteiger partial charge in [-0.2, -0.15) is 11.8 Å². The monoisotopic (exact) mass is 291 g/mol. The molecule has 20 heavy (non-hydrogen) atoms. The van der Waals surface area contributed by atoms with Gasteiger partial charge in [0, 0.05) is 11.5 Å². The zero-order valence-corrected chi connectivity index (χ0v) is 12.3. The van der Waals surface area contributed by atoms with Crippen LogP contribution in [0.2, 0.25) is 0 Å². The fourth-order valence-electron chi connectivity index (χ4n) is 1.53. The Morgan fingerprint density at radius 3 is 2.80 bits per heavy atom. The van der Waals surface area contributed by atoms with Gasteiger partial charge in [-0.3, -0.25) is 4.52 Å². The molecule has 0 saturated carbocycles. The number of hydrogen-bond donors (Lipinski definition) is 0. The summed E-state index contributed by atoms with van der Waals surface area (Å²) >= 11 is 1.53. The van der Waals surface area contributed by atoms with Crippen LogP contribution < -0.4 is 9.79 Å². The van der Waals surface area contributed by atoms with E-state index >= 15 is 0 Å². The Hall–Kier alpha value is -1.82. The highest BCUT2D eigenvalue weighted by Gasteiger charge is 2.13. The lowest BCUT2D eigenvalue weighted by atomic mass is 10.2. The van der Waals surface area contributed by atoms with Crippen LogP contribution in [0.3, 0.4) is 0 Å². The molecule has 2 aromatic rings. The third kappa shape index (κ3) is 4.38. The molecule has 0 unspecified atom stereocenters. The van der Waals surface area contributed by atoms with E-state index in [2.05, 4.69) is 10.3 Å². The fourth-order valence-corrected chi connectivity index (χ4v) is 2.30. The summed E-state index contributed by atoms with van der Waals surface area (Å²) in [6.07, 6.45) is 1.63. The first kappa shape index (κ1) is 14.6. The molecule has 0 aliphatic heterocycles. The summed E-state index contributed by atoms with van der Waals surface area (Å²) in [6.45, 7) is 3.95. The quantitative estimate of drug-likeness (QED) is 0.463. The van der Waals surface area contributed by atoms with Crippen LogP contribution in [0.15, 0.2) is 46.0 Å². The van der Waals surface area contributed by atoms with Crippen LogP contribution in [0, 0.1) is 0 Å². The first-order valence-electron chi connectivity index (χ1n) is 6.39. The van der Waals surface area contributed by atoms with Crippen LogP contribution >= 0.6 is 11.8 Å². The van der Waals surface area contributed by atoms with E-state index in [1.54, 1.807) is 10.9 Å². The lowest BCUT2D eigenvalue weighted by molar-refractivity contribution is -0.779. The standard InChI is InChI=1S/C14H17N3O2S/c1-11(2)17-8-14(19-16-17)15-13(18)10-20-9-12-6-4-3-5-7-12/h3-8,11H,9-10H2,1-2H3. The predicted molar refractivity (Wildman–Crippen MR) is 76.8 cm³/mol. The van der Waals surface area contributed by atoms with Gasteiger partial charge in [0.15, 0.2) is 6.04 Å². The van der Waals surface area contributed by atoms with Crippen molar-refractivity contribution in [3.8, 4) is 0 Å². The van der Waals surface area contributed by atoms with E-state index in [-0.39, 0.29) is 17.8 Å². The molecule has 0 spiro atoms. The first-order chi connectivity index (χ1) is 9.65. The van der Waals surface area contributed by atoms with Gasteiger partial charge < -0.3 is 5.11 Å². The van der Waals surface area contributed by atoms with E-state index < -0.39 is 0 Å². The predicted octanol–water partition coefficient (Wildman–Crippen LogP) is 1.87. The largest absolute Gasteiger partial charge is 0.861 e. The summed E-state index contributed by atoms with van der Waals surface area (Å²) in [6, 6.07) is 10.2. The lowest BCUT2D eigenvalue weighted by Crippen LogP contribution is -2.36. The Balaban J connectivity index is 1.84. The van der Waals surface area contributed by atoms with Gasteiger partial charge in [0.05, 0.1) is 0 Å². The third-order valence-electron chi connectivity index (χ3n) is 2.57. The molecule has 0 N–H and O–H groups in total. The molecule has 2 rings (SSSR count). The molecule has 0 aliphatic carbocycles. The minimum Gasteiger partial charge on any atom is -0.861 e. The van der Waals surface area contributed by atoms with Crippen LogP contribution in [0.25, 0.3) is 0 Å². The molecular weight excluding hydrogens is 274 g/mol. The lowest BCUT2D eigenvalue weighted by Gasteiger charge is -2.08. The van der Waals surface area contributed by atoms with E-state index in [0.717, 1.165) is 5.75 Å². The smallest absolute Gasteiger partial charge is 0.320 e. The van der Waals surface area contributed by atoms with Gasteiger partial charge in [0.1, 0.15) is 0 Å². The van der Waals surface area contributed by atoms with Gasteiger partial charge >= 0.3 is 5.88 Å². The molecule has 0 radical (unpaired) electrons. The summed E-state index contributed by atoms with van der Waals surface area (Å²) in [5, 5.41) is 15.5. The van der Waals surface area contributed by atoms with Gasteiger partial charge in [-0.15, -0.1) is 0 Å². The Kier molecular flexibility index (Phi) is 5.17. The molecule has 1 aromatic heterocycles. The van der Waals surface area contributed by atoms with Crippen molar-refractivity contribution in [3.63, 3.8) is 0 Å². The second-order valence-corrected chi connectivity index (χ2v) is 5.58. The maximum Gasteiger partial charge on any atom is 0.320 e. The molecule has 106 valence electrons. The molecule has 0 bridgehead atoms. The van der Waals surface area contributed by atoms with E-state index in [1.807, 2.05) is 44.2 Å². The van der Waals surface area contributed by atoms with E-state index in [4.69, 9.17) is 4.52 Å². The molecule has 0 atom stereocenters. The van der Waals surface area contributed by atoms with Crippen LogP contribution in [0.5, 0.6) is 0 Å². The number of benzene rings is 1. The Morgan fingerprint density at radius 2 is 2.15 bits per heavy atom. The summed E-state index contributed by atoms with van der Waals surface area (Å²) < 4.78 is 6.61. The number of aliphatic imine (C=N–C) groups is 1. The zero-order valence-electron chi connectivity index (χ0n) is 11.5. The van der Waals surface area contributed by atoms with Crippen molar-refractivity contribution in [2.45, 2.75) is 25.6 Å². The van der Waals surface area contributed by atoms with Crippen molar-refractivity contribution in [1.29, 1.82) is 0 Å². The zero-order chi connectivity index (χ0) is 14.4. The molecular formula is C14H17N3O2S. The maximum absolute atomic E-state index is 11.7. The van der Waals surface area contributed by atoms with Gasteiger partial charge in [-0.1, -0.05) is 30.3 Å².